The summed E-state index contributed by atoms with van der Waals surface area (Å²) in [5, 5.41) is 2.70. The van der Waals surface area contributed by atoms with Gasteiger partial charge in [-0.3, -0.25) is 4.79 Å². The second-order valence-corrected chi connectivity index (χ2v) is 6.39. The molecule has 1 amide bonds. The predicted octanol–water partition coefficient (Wildman–Crippen LogP) is 4.82. The van der Waals surface area contributed by atoms with Crippen LogP contribution in [0, 0.1) is 5.82 Å². The first-order chi connectivity index (χ1) is 12.6. The molecule has 1 aromatic heterocycles. The number of rotatable bonds is 3. The molecule has 26 heavy (non-hydrogen) atoms. The Morgan fingerprint density at radius 3 is 2.73 bits per heavy atom. The van der Waals surface area contributed by atoms with Gasteiger partial charge in [0.1, 0.15) is 11.6 Å². The van der Waals surface area contributed by atoms with E-state index in [9.17, 15) is 9.18 Å². The topological polar surface area (TPSA) is 45.2 Å². The lowest BCUT2D eigenvalue weighted by atomic mass is 10.2. The van der Waals surface area contributed by atoms with Gasteiger partial charge in [0.05, 0.1) is 22.5 Å². The zero-order valence-electron chi connectivity index (χ0n) is 13.7. The fraction of sp³-hybridized carbons (Fsp3) is 0.100. The maximum absolute atomic E-state index is 13.8. The highest BCUT2D eigenvalue weighted by atomic mass is 35.5. The molecule has 1 aliphatic heterocycles. The van der Waals surface area contributed by atoms with Crippen molar-refractivity contribution in [2.75, 3.05) is 16.8 Å². The summed E-state index contributed by atoms with van der Waals surface area (Å²) >= 11 is 5.93. The number of fused-ring (bicyclic) bond motifs is 1. The third kappa shape index (κ3) is 3.02. The number of anilines is 3. The minimum absolute atomic E-state index is 0.0701. The van der Waals surface area contributed by atoms with Crippen molar-refractivity contribution >= 4 is 34.7 Å². The van der Waals surface area contributed by atoms with Gasteiger partial charge in [0.15, 0.2) is 0 Å². The fourth-order valence-corrected chi connectivity index (χ4v) is 3.35. The van der Waals surface area contributed by atoms with Crippen molar-refractivity contribution in [2.45, 2.75) is 6.42 Å². The monoisotopic (exact) mass is 367 g/mol. The number of carbonyl (C=O) groups excluding carboxylic acids is 1. The number of nitrogens with zero attached hydrogens (tertiary/aromatic N) is 2. The molecule has 0 spiro atoms. The van der Waals surface area contributed by atoms with E-state index in [4.69, 9.17) is 11.6 Å². The van der Waals surface area contributed by atoms with E-state index in [0.717, 1.165) is 24.5 Å². The molecule has 2 heterocycles. The van der Waals surface area contributed by atoms with Crippen LogP contribution in [0.1, 0.15) is 15.9 Å². The summed E-state index contributed by atoms with van der Waals surface area (Å²) in [6.45, 7) is 0.864. The Labute approximate surface area is 155 Å². The Morgan fingerprint density at radius 2 is 1.96 bits per heavy atom. The van der Waals surface area contributed by atoms with E-state index < -0.39 is 11.7 Å². The van der Waals surface area contributed by atoms with E-state index in [-0.39, 0.29) is 10.6 Å². The molecule has 4 nitrogen and oxygen atoms in total. The highest BCUT2D eigenvalue weighted by Gasteiger charge is 2.21. The third-order valence-electron chi connectivity index (χ3n) is 4.36. The molecule has 4 rings (SSSR count). The van der Waals surface area contributed by atoms with Gasteiger partial charge in [0, 0.05) is 12.2 Å². The molecule has 0 bridgehead atoms. The first-order valence-electron chi connectivity index (χ1n) is 8.20. The first-order valence-corrected chi connectivity index (χ1v) is 8.58. The summed E-state index contributed by atoms with van der Waals surface area (Å²) in [5.41, 5.74) is 2.74. The lowest BCUT2D eigenvalue weighted by Crippen LogP contribution is -2.16. The van der Waals surface area contributed by atoms with Gasteiger partial charge in [0.2, 0.25) is 0 Å². The van der Waals surface area contributed by atoms with E-state index in [1.165, 1.54) is 23.8 Å². The Kier molecular flexibility index (Phi) is 4.31. The molecule has 130 valence electrons. The van der Waals surface area contributed by atoms with Crippen molar-refractivity contribution in [3.63, 3.8) is 0 Å². The number of pyridine rings is 1. The number of amides is 1. The van der Waals surface area contributed by atoms with Crippen molar-refractivity contribution in [2.24, 2.45) is 0 Å². The number of benzene rings is 2. The predicted molar refractivity (Wildman–Crippen MR) is 101 cm³/mol. The zero-order valence-corrected chi connectivity index (χ0v) is 14.5. The molecule has 0 fully saturated rings. The lowest BCUT2D eigenvalue weighted by molar-refractivity contribution is 0.102. The molecule has 2 aromatic carbocycles. The fourth-order valence-electron chi connectivity index (χ4n) is 3.10. The molecular weight excluding hydrogens is 353 g/mol. The second-order valence-electron chi connectivity index (χ2n) is 5.99. The molecule has 1 N–H and O–H groups in total. The van der Waals surface area contributed by atoms with E-state index >= 15 is 0 Å². The summed E-state index contributed by atoms with van der Waals surface area (Å²) in [6, 6.07) is 15.9. The van der Waals surface area contributed by atoms with Crippen LogP contribution in [0.2, 0.25) is 5.02 Å². The van der Waals surface area contributed by atoms with Crippen molar-refractivity contribution in [1.29, 1.82) is 0 Å². The summed E-state index contributed by atoms with van der Waals surface area (Å²) in [4.78, 5) is 18.9. The second kappa shape index (κ2) is 6.77. The molecule has 0 radical (unpaired) electrons. The van der Waals surface area contributed by atoms with Crippen molar-refractivity contribution in [1.82, 2.24) is 4.98 Å². The van der Waals surface area contributed by atoms with Crippen molar-refractivity contribution < 1.29 is 9.18 Å². The Hall–Kier alpha value is -2.92. The number of carbonyl (C=O) groups is 1. The molecule has 0 aliphatic carbocycles. The number of halogens is 2. The lowest BCUT2D eigenvalue weighted by Gasteiger charge is -2.18. The third-order valence-corrected chi connectivity index (χ3v) is 4.67. The van der Waals surface area contributed by atoms with Gasteiger partial charge in [-0.1, -0.05) is 35.9 Å². The molecule has 1 aliphatic rings. The van der Waals surface area contributed by atoms with Gasteiger partial charge >= 0.3 is 0 Å². The van der Waals surface area contributed by atoms with Gasteiger partial charge in [-0.05, 0) is 42.3 Å². The van der Waals surface area contributed by atoms with Crippen LogP contribution in [-0.2, 0) is 6.42 Å². The maximum Gasteiger partial charge on any atom is 0.260 e. The Morgan fingerprint density at radius 1 is 1.12 bits per heavy atom. The molecule has 0 unspecified atom stereocenters. The van der Waals surface area contributed by atoms with Crippen LogP contribution in [0.25, 0.3) is 0 Å². The van der Waals surface area contributed by atoms with Crippen LogP contribution in [-0.4, -0.2) is 17.4 Å². The van der Waals surface area contributed by atoms with E-state index in [1.54, 1.807) is 12.3 Å². The normalized spacial score (nSPS) is 12.8. The van der Waals surface area contributed by atoms with Crippen LogP contribution in [0.3, 0.4) is 0 Å². The van der Waals surface area contributed by atoms with Crippen LogP contribution in [0.5, 0.6) is 0 Å². The van der Waals surface area contributed by atoms with Crippen molar-refractivity contribution in [3.8, 4) is 0 Å². The number of aromatic nitrogens is 1. The van der Waals surface area contributed by atoms with E-state index in [2.05, 4.69) is 27.3 Å². The summed E-state index contributed by atoms with van der Waals surface area (Å²) < 4.78 is 13.8. The first kappa shape index (κ1) is 16.5. The number of nitrogens with one attached hydrogen (secondary N) is 1. The maximum atomic E-state index is 13.8. The highest BCUT2D eigenvalue weighted by molar-refractivity contribution is 6.34. The van der Waals surface area contributed by atoms with Crippen LogP contribution >= 0.6 is 11.6 Å². The molecular formula is C20H15ClFN3O. The van der Waals surface area contributed by atoms with Crippen LogP contribution < -0.4 is 10.2 Å². The Bertz CT molecular complexity index is 955. The smallest absolute Gasteiger partial charge is 0.260 e. The average molecular weight is 368 g/mol. The van der Waals surface area contributed by atoms with E-state index in [1.807, 2.05) is 18.2 Å². The summed E-state index contributed by atoms with van der Waals surface area (Å²) in [7, 11) is 0. The van der Waals surface area contributed by atoms with Gasteiger partial charge in [0.25, 0.3) is 5.91 Å². The number of hydrogen-bond acceptors (Lipinski definition) is 3. The molecule has 6 heteroatoms. The highest BCUT2D eigenvalue weighted by Crippen LogP contribution is 2.33. The molecule has 0 atom stereocenters. The van der Waals surface area contributed by atoms with E-state index in [0.29, 0.717) is 5.69 Å². The molecule has 3 aromatic rings. The minimum Gasteiger partial charge on any atom is -0.326 e. The molecule has 0 saturated heterocycles. The van der Waals surface area contributed by atoms with Crippen LogP contribution in [0.15, 0.2) is 60.8 Å². The average Bonchev–Trinajstić information content (AvgIpc) is 3.06. The Balaban J connectivity index is 1.53. The quantitative estimate of drug-likeness (QED) is 0.721. The SMILES string of the molecule is O=C(Nc1ccc(N2CCc3ccccc32)nc1)c1c(F)cccc1Cl. The van der Waals surface area contributed by atoms with Gasteiger partial charge < -0.3 is 10.2 Å². The van der Waals surface area contributed by atoms with Crippen LogP contribution in [0.4, 0.5) is 21.6 Å². The largest absolute Gasteiger partial charge is 0.326 e. The number of hydrogen-bond donors (Lipinski definition) is 1. The molecule has 0 saturated carbocycles. The zero-order chi connectivity index (χ0) is 18.1. The number of para-hydroxylation sites is 1. The standard InChI is InChI=1S/C20H15ClFN3O/c21-15-5-3-6-16(22)19(15)20(26)24-14-8-9-18(23-12-14)25-11-10-13-4-1-2-7-17(13)25/h1-9,12H,10-11H2,(H,24,26). The summed E-state index contributed by atoms with van der Waals surface area (Å²) in [5.74, 6) is -0.459. The van der Waals surface area contributed by atoms with Gasteiger partial charge in [-0.25, -0.2) is 9.37 Å². The summed E-state index contributed by atoms with van der Waals surface area (Å²) in [6.07, 6.45) is 2.53. The van der Waals surface area contributed by atoms with Gasteiger partial charge in [-0.2, -0.15) is 0 Å². The minimum atomic E-state index is -0.659. The van der Waals surface area contributed by atoms with Crippen molar-refractivity contribution in [3.05, 3.63) is 82.8 Å². The van der Waals surface area contributed by atoms with Gasteiger partial charge in [-0.15, -0.1) is 0 Å².